The lowest BCUT2D eigenvalue weighted by molar-refractivity contribution is 0.0551. The molecule has 4 rings (SSSR count). The third-order valence-electron chi connectivity index (χ3n) is 5.36. The summed E-state index contributed by atoms with van der Waals surface area (Å²) in [5.41, 5.74) is 0.628. The van der Waals surface area contributed by atoms with Crippen LogP contribution in [0.1, 0.15) is 54.8 Å². The van der Waals surface area contributed by atoms with E-state index in [-0.39, 0.29) is 18.7 Å². The number of nitrogens with zero attached hydrogens (tertiary/aromatic N) is 4. The van der Waals surface area contributed by atoms with Gasteiger partial charge in [-0.15, -0.1) is 0 Å². The molecule has 0 N–H and O–H groups in total. The van der Waals surface area contributed by atoms with Crippen molar-refractivity contribution in [2.24, 2.45) is 0 Å². The van der Waals surface area contributed by atoms with Crippen LogP contribution in [0.15, 0.2) is 22.7 Å². The zero-order chi connectivity index (χ0) is 19.5. The van der Waals surface area contributed by atoms with E-state index in [1.165, 1.54) is 0 Å². The van der Waals surface area contributed by atoms with Gasteiger partial charge in [-0.2, -0.15) is 4.98 Å². The van der Waals surface area contributed by atoms with Crippen LogP contribution in [-0.2, 0) is 6.42 Å². The second-order valence-electron chi connectivity index (χ2n) is 7.22. The van der Waals surface area contributed by atoms with Gasteiger partial charge in [-0.05, 0) is 31.5 Å². The Morgan fingerprint density at radius 2 is 1.96 bits per heavy atom. The number of carbonyl (C=O) groups excluding carboxylic acids is 1. The van der Waals surface area contributed by atoms with Crippen LogP contribution in [0, 0.1) is 0 Å². The van der Waals surface area contributed by atoms with Crippen molar-refractivity contribution in [3.05, 3.63) is 35.5 Å². The number of benzene rings is 1. The quantitative estimate of drug-likeness (QED) is 0.755. The highest BCUT2D eigenvalue weighted by molar-refractivity contribution is 5.95. The summed E-state index contributed by atoms with van der Waals surface area (Å²) in [4.78, 5) is 21.5. The number of aryl methyl sites for hydroxylation is 1. The first-order valence-corrected chi connectivity index (χ1v) is 9.91. The molecule has 8 heteroatoms. The molecule has 150 valence electrons. The predicted molar refractivity (Wildman–Crippen MR) is 101 cm³/mol. The molecule has 1 aromatic carbocycles. The van der Waals surface area contributed by atoms with E-state index in [4.69, 9.17) is 14.0 Å². The fourth-order valence-corrected chi connectivity index (χ4v) is 3.55. The summed E-state index contributed by atoms with van der Waals surface area (Å²) in [6, 6.07) is 5.39. The van der Waals surface area contributed by atoms with E-state index in [0.29, 0.717) is 36.0 Å². The molecule has 1 fully saturated rings. The largest absolute Gasteiger partial charge is 0.454 e. The van der Waals surface area contributed by atoms with Gasteiger partial charge in [0.15, 0.2) is 17.3 Å². The third kappa shape index (κ3) is 3.82. The third-order valence-corrected chi connectivity index (χ3v) is 5.36. The molecule has 0 spiro atoms. The van der Waals surface area contributed by atoms with Gasteiger partial charge in [0, 0.05) is 38.2 Å². The molecule has 0 aliphatic carbocycles. The Labute approximate surface area is 164 Å². The lowest BCUT2D eigenvalue weighted by Crippen LogP contribution is -2.49. The van der Waals surface area contributed by atoms with Crippen LogP contribution in [-0.4, -0.2) is 58.8 Å². The van der Waals surface area contributed by atoms with Gasteiger partial charge in [-0.3, -0.25) is 9.69 Å². The smallest absolute Gasteiger partial charge is 0.254 e. The first-order valence-electron chi connectivity index (χ1n) is 9.91. The second-order valence-corrected chi connectivity index (χ2v) is 7.22. The zero-order valence-corrected chi connectivity index (χ0v) is 16.4. The summed E-state index contributed by atoms with van der Waals surface area (Å²) in [5.74, 6) is 2.77. The number of aromatic nitrogens is 2. The number of piperazine rings is 1. The Morgan fingerprint density at radius 3 is 2.75 bits per heavy atom. The van der Waals surface area contributed by atoms with Crippen molar-refractivity contribution >= 4 is 5.91 Å². The summed E-state index contributed by atoms with van der Waals surface area (Å²) >= 11 is 0. The average molecular weight is 386 g/mol. The van der Waals surface area contributed by atoms with E-state index in [2.05, 4.69) is 28.9 Å². The van der Waals surface area contributed by atoms with E-state index in [1.807, 2.05) is 4.90 Å². The zero-order valence-electron chi connectivity index (χ0n) is 16.4. The first-order chi connectivity index (χ1) is 13.7. The normalized spacial score (nSPS) is 17.7. The summed E-state index contributed by atoms with van der Waals surface area (Å²) in [7, 11) is 0. The van der Waals surface area contributed by atoms with Crippen molar-refractivity contribution in [3.63, 3.8) is 0 Å². The number of hydrogen-bond acceptors (Lipinski definition) is 7. The maximum absolute atomic E-state index is 12.8. The molecule has 1 aromatic heterocycles. The summed E-state index contributed by atoms with van der Waals surface area (Å²) in [6.07, 6.45) is 3.03. The lowest BCUT2D eigenvalue weighted by atomic mass is 10.1. The van der Waals surface area contributed by atoms with Gasteiger partial charge < -0.3 is 18.9 Å². The molecule has 3 heterocycles. The van der Waals surface area contributed by atoms with E-state index in [9.17, 15) is 4.79 Å². The van der Waals surface area contributed by atoms with E-state index in [0.717, 1.165) is 38.2 Å². The summed E-state index contributed by atoms with van der Waals surface area (Å²) in [5, 5.41) is 4.08. The minimum atomic E-state index is 0.0187. The highest BCUT2D eigenvalue weighted by Gasteiger charge is 2.28. The monoisotopic (exact) mass is 386 g/mol. The first kappa shape index (κ1) is 18.7. The van der Waals surface area contributed by atoms with Gasteiger partial charge in [0.1, 0.15) is 0 Å². The fourth-order valence-electron chi connectivity index (χ4n) is 3.55. The van der Waals surface area contributed by atoms with Crippen LogP contribution in [0.3, 0.4) is 0 Å². The van der Waals surface area contributed by atoms with Crippen LogP contribution in [0.2, 0.25) is 0 Å². The Hall–Kier alpha value is -2.61. The van der Waals surface area contributed by atoms with Gasteiger partial charge in [-0.1, -0.05) is 18.5 Å². The van der Waals surface area contributed by atoms with Crippen molar-refractivity contribution in [3.8, 4) is 11.5 Å². The van der Waals surface area contributed by atoms with Crippen LogP contribution in [0.5, 0.6) is 11.5 Å². The summed E-state index contributed by atoms with van der Waals surface area (Å²) in [6.45, 7) is 7.29. The molecular formula is C20H26N4O4. The summed E-state index contributed by atoms with van der Waals surface area (Å²) < 4.78 is 16.1. The van der Waals surface area contributed by atoms with Gasteiger partial charge in [-0.25, -0.2) is 0 Å². The number of hydrogen-bond donors (Lipinski definition) is 0. The predicted octanol–water partition coefficient (Wildman–Crippen LogP) is 2.66. The van der Waals surface area contributed by atoms with Crippen molar-refractivity contribution in [2.45, 2.75) is 39.2 Å². The van der Waals surface area contributed by atoms with Crippen LogP contribution in [0.25, 0.3) is 0 Å². The molecule has 2 aliphatic heterocycles. The Morgan fingerprint density at radius 1 is 1.18 bits per heavy atom. The van der Waals surface area contributed by atoms with Gasteiger partial charge >= 0.3 is 0 Å². The molecule has 1 unspecified atom stereocenters. The van der Waals surface area contributed by atoms with E-state index in [1.54, 1.807) is 18.2 Å². The average Bonchev–Trinajstić information content (AvgIpc) is 3.40. The number of fused-ring (bicyclic) bond motifs is 1. The minimum Gasteiger partial charge on any atom is -0.454 e. The van der Waals surface area contributed by atoms with Crippen molar-refractivity contribution in [1.82, 2.24) is 19.9 Å². The number of carbonyl (C=O) groups is 1. The van der Waals surface area contributed by atoms with Crippen LogP contribution < -0.4 is 9.47 Å². The second kappa shape index (κ2) is 8.18. The molecule has 1 saturated heterocycles. The highest BCUT2D eigenvalue weighted by Crippen LogP contribution is 2.33. The molecule has 2 aliphatic rings. The molecule has 28 heavy (non-hydrogen) atoms. The van der Waals surface area contributed by atoms with Crippen molar-refractivity contribution in [2.75, 3.05) is 33.0 Å². The molecule has 1 atom stereocenters. The molecule has 1 amide bonds. The van der Waals surface area contributed by atoms with E-state index >= 15 is 0 Å². The molecule has 0 bridgehead atoms. The molecule has 2 aromatic rings. The standard InChI is InChI=1S/C20H26N4O4/c1-3-4-5-18-21-19(28-22-18)14(2)23-8-10-24(11-9-23)20(25)15-6-7-16-17(12-15)27-13-26-16/h6-7,12,14H,3-5,8-11,13H2,1-2H3. The molecule has 8 nitrogen and oxygen atoms in total. The fraction of sp³-hybridized carbons (Fsp3) is 0.550. The molecular weight excluding hydrogens is 360 g/mol. The number of unbranched alkanes of at least 4 members (excludes halogenated alkanes) is 1. The SMILES string of the molecule is CCCCc1noc(C(C)N2CCN(C(=O)c3ccc4c(c3)OCO4)CC2)n1. The van der Waals surface area contributed by atoms with Crippen LogP contribution in [0.4, 0.5) is 0 Å². The van der Waals surface area contributed by atoms with Crippen molar-refractivity contribution < 1.29 is 18.8 Å². The van der Waals surface area contributed by atoms with Gasteiger partial charge in [0.25, 0.3) is 5.91 Å². The van der Waals surface area contributed by atoms with E-state index < -0.39 is 0 Å². The van der Waals surface area contributed by atoms with Gasteiger partial charge in [0.2, 0.25) is 12.7 Å². The topological polar surface area (TPSA) is 80.9 Å². The number of ether oxygens (including phenoxy) is 2. The Kier molecular flexibility index (Phi) is 5.47. The molecule has 0 saturated carbocycles. The Bertz CT molecular complexity index is 829. The lowest BCUT2D eigenvalue weighted by Gasteiger charge is -2.36. The van der Waals surface area contributed by atoms with Crippen molar-refractivity contribution in [1.29, 1.82) is 0 Å². The Balaban J connectivity index is 1.33. The maximum atomic E-state index is 12.8. The minimum absolute atomic E-state index is 0.0187. The van der Waals surface area contributed by atoms with Gasteiger partial charge in [0.05, 0.1) is 6.04 Å². The number of rotatable bonds is 6. The van der Waals surface area contributed by atoms with Crippen LogP contribution >= 0.6 is 0 Å². The number of amides is 1. The molecule has 0 radical (unpaired) electrons. The highest BCUT2D eigenvalue weighted by atomic mass is 16.7. The maximum Gasteiger partial charge on any atom is 0.254 e.